The average molecular weight is 395 g/mol. The van der Waals surface area contributed by atoms with E-state index in [-0.39, 0.29) is 18.1 Å². The van der Waals surface area contributed by atoms with Crippen LogP contribution in [0.25, 0.3) is 11.0 Å². The molecule has 124 valence electrons. The number of rotatable bonds is 4. The number of anilines is 2. The molecule has 24 heavy (non-hydrogen) atoms. The van der Waals surface area contributed by atoms with E-state index in [4.69, 9.17) is 0 Å². The van der Waals surface area contributed by atoms with E-state index in [1.807, 2.05) is 25.1 Å². The van der Waals surface area contributed by atoms with Gasteiger partial charge in [0.2, 0.25) is 0 Å². The number of halogens is 3. The minimum absolute atomic E-state index is 0.113. The van der Waals surface area contributed by atoms with E-state index in [1.165, 1.54) is 0 Å². The lowest BCUT2D eigenvalue weighted by atomic mass is 10.2. The Labute approximate surface area is 144 Å². The highest BCUT2D eigenvalue weighted by atomic mass is 79.9. The number of pyridine rings is 1. The van der Waals surface area contributed by atoms with E-state index >= 15 is 0 Å². The third kappa shape index (κ3) is 3.20. The third-order valence-electron chi connectivity index (χ3n) is 3.51. The van der Waals surface area contributed by atoms with Crippen LogP contribution in [-0.4, -0.2) is 20.1 Å². The molecule has 0 saturated carbocycles. The molecule has 0 aliphatic rings. The summed E-state index contributed by atoms with van der Waals surface area (Å²) in [6, 6.07) is 8.80. The maximum Gasteiger partial charge on any atom is 0.297 e. The number of hydrogen-bond donors (Lipinski definition) is 2. The maximum atomic E-state index is 13.1. The van der Waals surface area contributed by atoms with Crippen LogP contribution in [0.3, 0.4) is 0 Å². The van der Waals surface area contributed by atoms with Gasteiger partial charge < -0.3 is 10.4 Å². The first-order valence-corrected chi connectivity index (χ1v) is 7.87. The van der Waals surface area contributed by atoms with Crippen LogP contribution in [0, 0.1) is 6.92 Å². The second-order valence-corrected chi connectivity index (χ2v) is 5.95. The van der Waals surface area contributed by atoms with Crippen LogP contribution in [0.1, 0.15) is 23.5 Å². The lowest BCUT2D eigenvalue weighted by Crippen LogP contribution is -2.05. The second kappa shape index (κ2) is 6.74. The Kier molecular flexibility index (Phi) is 4.68. The van der Waals surface area contributed by atoms with Crippen LogP contribution in [0.2, 0.25) is 0 Å². The van der Waals surface area contributed by atoms with Gasteiger partial charge in [-0.2, -0.15) is 0 Å². The predicted molar refractivity (Wildman–Crippen MR) is 90.4 cm³/mol. The summed E-state index contributed by atoms with van der Waals surface area (Å²) in [7, 11) is 0. The van der Waals surface area contributed by atoms with Crippen molar-refractivity contribution in [1.29, 1.82) is 0 Å². The van der Waals surface area contributed by atoms with Crippen molar-refractivity contribution in [2.45, 2.75) is 20.0 Å². The average Bonchev–Trinajstić information content (AvgIpc) is 2.58. The second-order valence-electron chi connectivity index (χ2n) is 5.10. The minimum atomic E-state index is -2.82. The first-order valence-electron chi connectivity index (χ1n) is 7.08. The van der Waals surface area contributed by atoms with Crippen molar-refractivity contribution < 1.29 is 13.9 Å². The highest BCUT2D eigenvalue weighted by Crippen LogP contribution is 2.30. The van der Waals surface area contributed by atoms with E-state index in [2.05, 4.69) is 36.2 Å². The maximum absolute atomic E-state index is 13.1. The number of fused-ring (bicyclic) bond motifs is 1. The Morgan fingerprint density at radius 1 is 1.17 bits per heavy atom. The fourth-order valence-electron chi connectivity index (χ4n) is 2.22. The van der Waals surface area contributed by atoms with Gasteiger partial charge in [-0.05, 0) is 36.8 Å². The van der Waals surface area contributed by atoms with Crippen molar-refractivity contribution in [3.05, 3.63) is 51.9 Å². The summed E-state index contributed by atoms with van der Waals surface area (Å²) >= 11 is 3.43. The molecular formula is C16H13BrF2N4O. The molecule has 3 rings (SSSR count). The summed E-state index contributed by atoms with van der Waals surface area (Å²) in [5.41, 5.74) is 2.12. The summed E-state index contributed by atoms with van der Waals surface area (Å²) in [6.45, 7) is 1.60. The molecule has 0 fully saturated rings. The summed E-state index contributed by atoms with van der Waals surface area (Å²) in [5.74, 6) is -0.367. The molecular weight excluding hydrogens is 382 g/mol. The van der Waals surface area contributed by atoms with E-state index in [1.54, 1.807) is 12.1 Å². The molecule has 2 aromatic heterocycles. The van der Waals surface area contributed by atoms with Gasteiger partial charge in [0.15, 0.2) is 11.5 Å². The number of nitrogens with one attached hydrogen (secondary N) is 1. The van der Waals surface area contributed by atoms with Crippen LogP contribution in [0.4, 0.5) is 20.3 Å². The molecule has 8 heteroatoms. The van der Waals surface area contributed by atoms with Gasteiger partial charge in [0.05, 0.1) is 17.7 Å². The molecule has 3 aromatic rings. The summed E-state index contributed by atoms with van der Waals surface area (Å²) in [5, 5.41) is 12.7. The molecule has 0 unspecified atom stereocenters. The number of aliphatic hydroxyl groups excluding tert-OH is 1. The van der Waals surface area contributed by atoms with Crippen molar-refractivity contribution in [3.63, 3.8) is 0 Å². The molecule has 0 amide bonds. The van der Waals surface area contributed by atoms with E-state index in [0.29, 0.717) is 11.1 Å². The number of alkyl halides is 2. The fourth-order valence-corrected chi connectivity index (χ4v) is 2.58. The largest absolute Gasteiger partial charge is 0.390 e. The van der Waals surface area contributed by atoms with Crippen LogP contribution < -0.4 is 5.32 Å². The molecule has 0 aliphatic carbocycles. The first-order chi connectivity index (χ1) is 11.5. The molecule has 2 heterocycles. The van der Waals surface area contributed by atoms with Gasteiger partial charge >= 0.3 is 0 Å². The van der Waals surface area contributed by atoms with Crippen molar-refractivity contribution in [2.75, 3.05) is 5.32 Å². The van der Waals surface area contributed by atoms with Gasteiger partial charge in [-0.15, -0.1) is 0 Å². The standard InChI is InChI=1S/C16H13BrF2N4O/c1-8-11(17)3-2-4-12(8)21-15-10-6-5-9(7-24)20-14(10)22-16(23-15)13(18)19/h2-6,13,24H,7H2,1H3,(H,20,21,22,23). The molecule has 5 nitrogen and oxygen atoms in total. The van der Waals surface area contributed by atoms with Gasteiger partial charge in [0.25, 0.3) is 6.43 Å². The molecule has 0 radical (unpaired) electrons. The van der Waals surface area contributed by atoms with Gasteiger partial charge in [-0.1, -0.05) is 22.0 Å². The summed E-state index contributed by atoms with van der Waals surface area (Å²) in [4.78, 5) is 11.8. The number of aliphatic hydroxyl groups is 1. The number of hydrogen-bond acceptors (Lipinski definition) is 5. The van der Waals surface area contributed by atoms with Gasteiger partial charge in [-0.3, -0.25) is 0 Å². The van der Waals surface area contributed by atoms with Crippen LogP contribution in [-0.2, 0) is 6.61 Å². The minimum Gasteiger partial charge on any atom is -0.390 e. The van der Waals surface area contributed by atoms with E-state index in [0.717, 1.165) is 15.7 Å². The van der Waals surface area contributed by atoms with Crippen molar-refractivity contribution in [3.8, 4) is 0 Å². The molecule has 2 N–H and O–H groups in total. The molecule has 0 spiro atoms. The Hall–Kier alpha value is -2.19. The number of aromatic nitrogens is 3. The topological polar surface area (TPSA) is 70.9 Å². The number of benzene rings is 1. The van der Waals surface area contributed by atoms with Gasteiger partial charge in [0, 0.05) is 10.2 Å². The molecule has 0 aliphatic heterocycles. The van der Waals surface area contributed by atoms with Crippen LogP contribution >= 0.6 is 15.9 Å². The highest BCUT2D eigenvalue weighted by Gasteiger charge is 2.17. The monoisotopic (exact) mass is 394 g/mol. The third-order valence-corrected chi connectivity index (χ3v) is 4.37. The Balaban J connectivity index is 2.16. The lowest BCUT2D eigenvalue weighted by Gasteiger charge is -2.13. The van der Waals surface area contributed by atoms with E-state index in [9.17, 15) is 13.9 Å². The quantitative estimate of drug-likeness (QED) is 0.691. The summed E-state index contributed by atoms with van der Waals surface area (Å²) < 4.78 is 27.1. The highest BCUT2D eigenvalue weighted by molar-refractivity contribution is 9.10. The Morgan fingerprint density at radius 3 is 2.67 bits per heavy atom. The van der Waals surface area contributed by atoms with Crippen molar-refractivity contribution >= 4 is 38.5 Å². The lowest BCUT2D eigenvalue weighted by molar-refractivity contribution is 0.141. The van der Waals surface area contributed by atoms with Crippen molar-refractivity contribution in [2.24, 2.45) is 0 Å². The Morgan fingerprint density at radius 2 is 1.96 bits per heavy atom. The van der Waals surface area contributed by atoms with Crippen LogP contribution in [0.15, 0.2) is 34.8 Å². The fraction of sp³-hybridized carbons (Fsp3) is 0.188. The predicted octanol–water partition coefficient (Wildman–Crippen LogP) is 4.27. The van der Waals surface area contributed by atoms with Gasteiger partial charge in [-0.25, -0.2) is 23.7 Å². The normalized spacial score (nSPS) is 11.2. The van der Waals surface area contributed by atoms with Crippen LogP contribution in [0.5, 0.6) is 0 Å². The zero-order valence-corrected chi connectivity index (χ0v) is 14.2. The molecule has 0 bridgehead atoms. The van der Waals surface area contributed by atoms with Crippen molar-refractivity contribution in [1.82, 2.24) is 15.0 Å². The first kappa shape index (κ1) is 16.7. The smallest absolute Gasteiger partial charge is 0.297 e. The number of nitrogens with zero attached hydrogens (tertiary/aromatic N) is 3. The molecule has 0 saturated heterocycles. The zero-order valence-electron chi connectivity index (χ0n) is 12.6. The molecule has 0 atom stereocenters. The molecule has 1 aromatic carbocycles. The van der Waals surface area contributed by atoms with Gasteiger partial charge in [0.1, 0.15) is 5.82 Å². The SMILES string of the molecule is Cc1c(Br)cccc1Nc1nc(C(F)F)nc2nc(CO)ccc12. The zero-order chi connectivity index (χ0) is 17.3. The Bertz CT molecular complexity index is 905. The van der Waals surface area contributed by atoms with E-state index < -0.39 is 12.2 Å². The summed E-state index contributed by atoms with van der Waals surface area (Å²) in [6.07, 6.45) is -2.82.